The van der Waals surface area contributed by atoms with E-state index in [0.29, 0.717) is 5.82 Å². The Labute approximate surface area is 157 Å². The Hall–Kier alpha value is -3.47. The fraction of sp³-hybridized carbons (Fsp3) is 0.136. The first-order valence-electron chi connectivity index (χ1n) is 8.88. The van der Waals surface area contributed by atoms with Crippen LogP contribution in [0.15, 0.2) is 66.7 Å². The minimum Gasteiger partial charge on any atom is -0.310 e. The fourth-order valence-electron chi connectivity index (χ4n) is 3.23. The molecule has 2 aromatic carbocycles. The van der Waals surface area contributed by atoms with E-state index in [9.17, 15) is 4.79 Å². The zero-order valence-corrected chi connectivity index (χ0v) is 15.3. The van der Waals surface area contributed by atoms with Crippen molar-refractivity contribution >= 4 is 22.6 Å². The quantitative estimate of drug-likeness (QED) is 0.596. The van der Waals surface area contributed by atoms with Crippen molar-refractivity contribution < 1.29 is 4.79 Å². The summed E-state index contributed by atoms with van der Waals surface area (Å²) in [6.45, 7) is 3.92. The Kier molecular flexibility index (Phi) is 4.42. The highest BCUT2D eigenvalue weighted by Gasteiger charge is 2.16. The van der Waals surface area contributed by atoms with E-state index in [0.717, 1.165) is 33.5 Å². The van der Waals surface area contributed by atoms with Crippen molar-refractivity contribution in [3.8, 4) is 5.69 Å². The predicted molar refractivity (Wildman–Crippen MR) is 107 cm³/mol. The van der Waals surface area contributed by atoms with E-state index >= 15 is 0 Å². The maximum absolute atomic E-state index is 12.6. The first-order valence-corrected chi connectivity index (χ1v) is 8.88. The summed E-state index contributed by atoms with van der Waals surface area (Å²) in [5.74, 6) is 0.459. The lowest BCUT2D eigenvalue weighted by molar-refractivity contribution is -0.115. The van der Waals surface area contributed by atoms with Crippen molar-refractivity contribution in [2.75, 3.05) is 5.32 Å². The number of carbonyl (C=O) groups excluding carboxylic acids is 1. The average Bonchev–Trinajstić information content (AvgIpc) is 2.97. The average molecular weight is 356 g/mol. The molecule has 4 rings (SSSR count). The second kappa shape index (κ2) is 7.03. The van der Waals surface area contributed by atoms with Gasteiger partial charge in [-0.15, -0.1) is 0 Å². The molecule has 27 heavy (non-hydrogen) atoms. The number of nitrogens with one attached hydrogen (secondary N) is 1. The highest BCUT2D eigenvalue weighted by Crippen LogP contribution is 2.19. The number of fused-ring (bicyclic) bond motifs is 1. The molecule has 0 spiro atoms. The molecule has 0 aliphatic rings. The third-order valence-corrected chi connectivity index (χ3v) is 4.65. The van der Waals surface area contributed by atoms with Crippen molar-refractivity contribution in [2.24, 2.45) is 0 Å². The largest absolute Gasteiger partial charge is 0.310 e. The number of benzene rings is 2. The normalized spacial score (nSPS) is 10.9. The van der Waals surface area contributed by atoms with Gasteiger partial charge < -0.3 is 5.32 Å². The van der Waals surface area contributed by atoms with Gasteiger partial charge in [-0.05, 0) is 44.2 Å². The second-order valence-corrected chi connectivity index (χ2v) is 6.51. The zero-order valence-electron chi connectivity index (χ0n) is 15.3. The van der Waals surface area contributed by atoms with Crippen molar-refractivity contribution in [2.45, 2.75) is 20.3 Å². The lowest BCUT2D eigenvalue weighted by atomic mass is 10.1. The molecule has 4 aromatic rings. The molecule has 0 bridgehead atoms. The van der Waals surface area contributed by atoms with E-state index in [1.807, 2.05) is 85.3 Å². The fourth-order valence-corrected chi connectivity index (χ4v) is 3.23. The van der Waals surface area contributed by atoms with Gasteiger partial charge in [0.2, 0.25) is 5.91 Å². The predicted octanol–water partition coefficient (Wildman–Crippen LogP) is 4.22. The van der Waals surface area contributed by atoms with Crippen LogP contribution in [0, 0.1) is 13.8 Å². The minimum absolute atomic E-state index is 0.100. The summed E-state index contributed by atoms with van der Waals surface area (Å²) in [5.41, 5.74) is 4.62. The molecule has 5 nitrogen and oxygen atoms in total. The maximum atomic E-state index is 12.6. The number of amides is 1. The van der Waals surface area contributed by atoms with Crippen LogP contribution in [0.5, 0.6) is 0 Å². The number of nitrogens with zero attached hydrogens (tertiary/aromatic N) is 3. The molecule has 0 unspecified atom stereocenters. The van der Waals surface area contributed by atoms with Gasteiger partial charge in [0.15, 0.2) is 0 Å². The Morgan fingerprint density at radius 3 is 2.52 bits per heavy atom. The van der Waals surface area contributed by atoms with Crippen LogP contribution in [0.2, 0.25) is 0 Å². The molecular weight excluding hydrogens is 336 g/mol. The molecule has 0 radical (unpaired) electrons. The zero-order chi connectivity index (χ0) is 18.8. The SMILES string of the molecule is Cc1nn(-c2ccccc2)c(C)c1CC(=O)Nc1ccc2ccccc2n1. The molecule has 5 heteroatoms. The van der Waals surface area contributed by atoms with E-state index in [2.05, 4.69) is 15.4 Å². The van der Waals surface area contributed by atoms with Gasteiger partial charge >= 0.3 is 0 Å². The highest BCUT2D eigenvalue weighted by atomic mass is 16.1. The van der Waals surface area contributed by atoms with Gasteiger partial charge in [0.1, 0.15) is 5.82 Å². The summed E-state index contributed by atoms with van der Waals surface area (Å²) < 4.78 is 1.88. The van der Waals surface area contributed by atoms with Gasteiger partial charge in [-0.25, -0.2) is 9.67 Å². The van der Waals surface area contributed by atoms with Crippen molar-refractivity contribution in [1.82, 2.24) is 14.8 Å². The Morgan fingerprint density at radius 2 is 1.70 bits per heavy atom. The topological polar surface area (TPSA) is 59.8 Å². The summed E-state index contributed by atoms with van der Waals surface area (Å²) in [7, 11) is 0. The molecule has 0 atom stereocenters. The third-order valence-electron chi connectivity index (χ3n) is 4.65. The Morgan fingerprint density at radius 1 is 0.963 bits per heavy atom. The van der Waals surface area contributed by atoms with Gasteiger partial charge in [0.05, 0.1) is 23.3 Å². The number of pyridine rings is 1. The van der Waals surface area contributed by atoms with E-state index in [4.69, 9.17) is 0 Å². The first-order chi connectivity index (χ1) is 13.1. The number of anilines is 1. The van der Waals surface area contributed by atoms with Gasteiger partial charge in [-0.1, -0.05) is 36.4 Å². The van der Waals surface area contributed by atoms with Crippen molar-refractivity contribution in [1.29, 1.82) is 0 Å². The van der Waals surface area contributed by atoms with Gasteiger partial charge in [0, 0.05) is 16.6 Å². The first kappa shape index (κ1) is 17.0. The molecule has 134 valence electrons. The summed E-state index contributed by atoms with van der Waals surface area (Å²) in [6.07, 6.45) is 0.263. The van der Waals surface area contributed by atoms with Gasteiger partial charge in [-0.3, -0.25) is 4.79 Å². The molecule has 1 amide bonds. The molecule has 0 saturated heterocycles. The number of hydrogen-bond acceptors (Lipinski definition) is 3. The van der Waals surface area contributed by atoms with Crippen LogP contribution in [0.3, 0.4) is 0 Å². The van der Waals surface area contributed by atoms with Crippen LogP contribution >= 0.6 is 0 Å². The molecule has 0 aliphatic heterocycles. The monoisotopic (exact) mass is 356 g/mol. The highest BCUT2D eigenvalue weighted by molar-refractivity contribution is 5.93. The van der Waals surface area contributed by atoms with Crippen LogP contribution in [-0.4, -0.2) is 20.7 Å². The molecular formula is C22H20N4O. The lowest BCUT2D eigenvalue weighted by Crippen LogP contribution is -2.16. The Bertz CT molecular complexity index is 1120. The van der Waals surface area contributed by atoms with E-state index in [-0.39, 0.29) is 12.3 Å². The third kappa shape index (κ3) is 3.44. The molecule has 2 heterocycles. The molecule has 0 aliphatic carbocycles. The van der Waals surface area contributed by atoms with Crippen LogP contribution in [0.4, 0.5) is 5.82 Å². The molecule has 2 aromatic heterocycles. The summed E-state index contributed by atoms with van der Waals surface area (Å²) in [6, 6.07) is 21.6. The number of aromatic nitrogens is 3. The summed E-state index contributed by atoms with van der Waals surface area (Å²) in [5, 5.41) is 8.55. The number of hydrogen-bond donors (Lipinski definition) is 1. The Balaban J connectivity index is 1.55. The van der Waals surface area contributed by atoms with Crippen LogP contribution in [0.25, 0.3) is 16.6 Å². The van der Waals surface area contributed by atoms with Crippen LogP contribution < -0.4 is 5.32 Å². The van der Waals surface area contributed by atoms with E-state index in [1.165, 1.54) is 0 Å². The smallest absolute Gasteiger partial charge is 0.230 e. The van der Waals surface area contributed by atoms with E-state index in [1.54, 1.807) is 0 Å². The number of rotatable bonds is 4. The molecule has 0 saturated carbocycles. The standard InChI is InChI=1S/C22H20N4O/c1-15-19(16(2)26(25-15)18-9-4-3-5-10-18)14-22(27)24-21-13-12-17-8-6-7-11-20(17)23-21/h3-13H,14H2,1-2H3,(H,23,24,27). The summed E-state index contributed by atoms with van der Waals surface area (Å²) >= 11 is 0. The number of para-hydroxylation sites is 2. The molecule has 0 fully saturated rings. The maximum Gasteiger partial charge on any atom is 0.230 e. The van der Waals surface area contributed by atoms with Crippen molar-refractivity contribution in [3.05, 3.63) is 83.7 Å². The van der Waals surface area contributed by atoms with Gasteiger partial charge in [-0.2, -0.15) is 5.10 Å². The second-order valence-electron chi connectivity index (χ2n) is 6.51. The minimum atomic E-state index is -0.100. The number of aryl methyl sites for hydroxylation is 1. The van der Waals surface area contributed by atoms with Crippen molar-refractivity contribution in [3.63, 3.8) is 0 Å². The van der Waals surface area contributed by atoms with Gasteiger partial charge in [0.25, 0.3) is 0 Å². The number of carbonyl (C=O) groups is 1. The lowest BCUT2D eigenvalue weighted by Gasteiger charge is -2.07. The van der Waals surface area contributed by atoms with Crippen LogP contribution in [-0.2, 0) is 11.2 Å². The summed E-state index contributed by atoms with van der Waals surface area (Å²) in [4.78, 5) is 17.1. The van der Waals surface area contributed by atoms with Crippen LogP contribution in [0.1, 0.15) is 17.0 Å². The van der Waals surface area contributed by atoms with E-state index < -0.39 is 0 Å². The molecule has 1 N–H and O–H groups in total.